The lowest BCUT2D eigenvalue weighted by Gasteiger charge is -2.32. The highest BCUT2D eigenvalue weighted by molar-refractivity contribution is 5.77. The Morgan fingerprint density at radius 3 is 2.74 bits per heavy atom. The van der Waals surface area contributed by atoms with Crippen LogP contribution in [-0.4, -0.2) is 47.8 Å². The van der Waals surface area contributed by atoms with Gasteiger partial charge >= 0.3 is 0 Å². The van der Waals surface area contributed by atoms with E-state index in [1.54, 1.807) is 19.2 Å². The maximum atomic E-state index is 12.5. The Balaban J connectivity index is 1.26. The van der Waals surface area contributed by atoms with Crippen molar-refractivity contribution >= 4 is 5.91 Å². The number of nitrogens with zero attached hydrogens (tertiary/aromatic N) is 3. The molecular weight excluding hydrogens is 346 g/mol. The molecule has 27 heavy (non-hydrogen) atoms. The molecule has 1 atom stereocenters. The number of amides is 1. The Morgan fingerprint density at radius 2 is 2.00 bits per heavy atom. The van der Waals surface area contributed by atoms with Gasteiger partial charge in [0.1, 0.15) is 11.5 Å². The lowest BCUT2D eigenvalue weighted by atomic mass is 9.95. The van der Waals surface area contributed by atoms with Crippen LogP contribution in [0.1, 0.15) is 43.3 Å². The molecular formula is C20H25N3O4. The molecule has 1 aliphatic carbocycles. The quantitative estimate of drug-likeness (QED) is 0.745. The summed E-state index contributed by atoms with van der Waals surface area (Å²) in [5.41, 5.74) is 0. The largest absolute Gasteiger partial charge is 0.497 e. The SMILES string of the molecule is COc1ccc(OCC(=O)N2CCCC(Cc3nc(C4CC4)no3)C2)cc1. The number of ether oxygens (including phenoxy) is 2. The first-order valence-electron chi connectivity index (χ1n) is 9.58. The molecule has 1 unspecified atom stereocenters. The van der Waals surface area contributed by atoms with Crippen molar-refractivity contribution in [2.45, 2.75) is 38.0 Å². The first-order valence-corrected chi connectivity index (χ1v) is 9.58. The fourth-order valence-electron chi connectivity index (χ4n) is 3.47. The van der Waals surface area contributed by atoms with Gasteiger partial charge in [0.05, 0.1) is 7.11 Å². The summed E-state index contributed by atoms with van der Waals surface area (Å²) in [6.07, 6.45) is 5.13. The van der Waals surface area contributed by atoms with E-state index >= 15 is 0 Å². The van der Waals surface area contributed by atoms with E-state index in [-0.39, 0.29) is 12.5 Å². The molecule has 0 N–H and O–H groups in total. The van der Waals surface area contributed by atoms with Crippen molar-refractivity contribution in [3.63, 3.8) is 0 Å². The molecule has 0 bridgehead atoms. The number of hydrogen-bond donors (Lipinski definition) is 0. The molecule has 0 spiro atoms. The first kappa shape index (κ1) is 17.8. The van der Waals surface area contributed by atoms with Crippen molar-refractivity contribution in [2.24, 2.45) is 5.92 Å². The van der Waals surface area contributed by atoms with E-state index in [2.05, 4.69) is 10.1 Å². The van der Waals surface area contributed by atoms with Crippen LogP contribution in [0.3, 0.4) is 0 Å². The van der Waals surface area contributed by atoms with Gasteiger partial charge in [-0.3, -0.25) is 4.79 Å². The summed E-state index contributed by atoms with van der Waals surface area (Å²) in [6, 6.07) is 7.24. The van der Waals surface area contributed by atoms with E-state index in [1.807, 2.05) is 17.0 Å². The Labute approximate surface area is 158 Å². The van der Waals surface area contributed by atoms with Crippen LogP contribution in [0.4, 0.5) is 0 Å². The van der Waals surface area contributed by atoms with Gasteiger partial charge in [0, 0.05) is 25.4 Å². The van der Waals surface area contributed by atoms with Crippen molar-refractivity contribution < 1.29 is 18.8 Å². The van der Waals surface area contributed by atoms with Gasteiger partial charge in [-0.25, -0.2) is 0 Å². The third-order valence-corrected chi connectivity index (χ3v) is 5.18. The van der Waals surface area contributed by atoms with Crippen LogP contribution in [0.5, 0.6) is 11.5 Å². The third-order valence-electron chi connectivity index (χ3n) is 5.18. The van der Waals surface area contributed by atoms with Crippen LogP contribution < -0.4 is 9.47 Å². The number of rotatable bonds is 7. The van der Waals surface area contributed by atoms with Crippen molar-refractivity contribution in [1.29, 1.82) is 0 Å². The zero-order valence-corrected chi connectivity index (χ0v) is 15.6. The van der Waals surface area contributed by atoms with Gasteiger partial charge in [-0.05, 0) is 55.9 Å². The summed E-state index contributed by atoms with van der Waals surface area (Å²) in [6.45, 7) is 1.54. The summed E-state index contributed by atoms with van der Waals surface area (Å²) in [4.78, 5) is 18.9. The molecule has 2 fully saturated rings. The molecule has 1 aromatic heterocycles. The molecule has 144 valence electrons. The van der Waals surface area contributed by atoms with Gasteiger partial charge < -0.3 is 18.9 Å². The highest BCUT2D eigenvalue weighted by atomic mass is 16.5. The van der Waals surface area contributed by atoms with E-state index in [0.717, 1.165) is 37.4 Å². The second-order valence-corrected chi connectivity index (χ2v) is 7.34. The number of benzene rings is 1. The topological polar surface area (TPSA) is 77.7 Å². The van der Waals surface area contributed by atoms with Crippen molar-refractivity contribution in [2.75, 3.05) is 26.8 Å². The average Bonchev–Trinajstić information content (AvgIpc) is 3.46. The van der Waals surface area contributed by atoms with Gasteiger partial charge in [0.15, 0.2) is 12.4 Å². The molecule has 1 amide bonds. The van der Waals surface area contributed by atoms with Gasteiger partial charge in [0.25, 0.3) is 5.91 Å². The fourth-order valence-corrected chi connectivity index (χ4v) is 3.47. The molecule has 7 nitrogen and oxygen atoms in total. The van der Waals surface area contributed by atoms with Gasteiger partial charge in [-0.15, -0.1) is 0 Å². The lowest BCUT2D eigenvalue weighted by Crippen LogP contribution is -2.42. The molecule has 0 radical (unpaired) electrons. The fraction of sp³-hybridized carbons (Fsp3) is 0.550. The van der Waals surface area contributed by atoms with E-state index in [9.17, 15) is 4.79 Å². The Hall–Kier alpha value is -2.57. The summed E-state index contributed by atoms with van der Waals surface area (Å²) >= 11 is 0. The van der Waals surface area contributed by atoms with Crippen molar-refractivity contribution in [1.82, 2.24) is 15.0 Å². The number of piperidine rings is 1. The van der Waals surface area contributed by atoms with Gasteiger partial charge in [0.2, 0.25) is 5.89 Å². The smallest absolute Gasteiger partial charge is 0.260 e. The molecule has 1 saturated carbocycles. The highest BCUT2D eigenvalue weighted by Gasteiger charge is 2.30. The normalized spacial score (nSPS) is 19.7. The highest BCUT2D eigenvalue weighted by Crippen LogP contribution is 2.38. The number of methoxy groups -OCH3 is 1. The zero-order valence-electron chi connectivity index (χ0n) is 15.6. The van der Waals surface area contributed by atoms with Crippen LogP contribution in [0.25, 0.3) is 0 Å². The summed E-state index contributed by atoms with van der Waals surface area (Å²) in [5, 5.41) is 4.08. The number of carbonyl (C=O) groups excluding carboxylic acids is 1. The second kappa shape index (κ2) is 7.98. The van der Waals surface area contributed by atoms with E-state index in [0.29, 0.717) is 30.0 Å². The minimum absolute atomic E-state index is 0.0136. The van der Waals surface area contributed by atoms with Crippen LogP contribution in [0.15, 0.2) is 28.8 Å². The molecule has 2 heterocycles. The molecule has 7 heteroatoms. The minimum Gasteiger partial charge on any atom is -0.497 e. The Kier molecular flexibility index (Phi) is 5.27. The van der Waals surface area contributed by atoms with Gasteiger partial charge in [-0.2, -0.15) is 4.98 Å². The summed E-state index contributed by atoms with van der Waals surface area (Å²) < 4.78 is 16.1. The summed E-state index contributed by atoms with van der Waals surface area (Å²) in [7, 11) is 1.62. The van der Waals surface area contributed by atoms with Crippen LogP contribution >= 0.6 is 0 Å². The van der Waals surface area contributed by atoms with Crippen LogP contribution in [0.2, 0.25) is 0 Å². The molecule has 4 rings (SSSR count). The number of hydrogen-bond acceptors (Lipinski definition) is 6. The van der Waals surface area contributed by atoms with Crippen LogP contribution in [-0.2, 0) is 11.2 Å². The molecule has 1 saturated heterocycles. The van der Waals surface area contributed by atoms with E-state index in [1.165, 1.54) is 12.8 Å². The first-order chi connectivity index (χ1) is 13.2. The molecule has 1 aromatic carbocycles. The second-order valence-electron chi connectivity index (χ2n) is 7.34. The van der Waals surface area contributed by atoms with E-state index < -0.39 is 0 Å². The minimum atomic E-state index is 0.0136. The number of carbonyl (C=O) groups is 1. The lowest BCUT2D eigenvalue weighted by molar-refractivity contribution is -0.135. The van der Waals surface area contributed by atoms with Crippen LogP contribution in [0, 0.1) is 5.92 Å². The third kappa shape index (κ3) is 4.59. The predicted molar refractivity (Wildman–Crippen MR) is 97.8 cm³/mol. The zero-order chi connectivity index (χ0) is 18.6. The maximum Gasteiger partial charge on any atom is 0.260 e. The van der Waals surface area contributed by atoms with Crippen molar-refractivity contribution in [3.05, 3.63) is 36.0 Å². The number of aromatic nitrogens is 2. The Bertz CT molecular complexity index is 770. The maximum absolute atomic E-state index is 12.5. The Morgan fingerprint density at radius 1 is 1.22 bits per heavy atom. The predicted octanol–water partition coefficient (Wildman–Crippen LogP) is 2.82. The molecule has 2 aromatic rings. The van der Waals surface area contributed by atoms with Crippen molar-refractivity contribution in [3.8, 4) is 11.5 Å². The number of likely N-dealkylation sites (tertiary alicyclic amines) is 1. The monoisotopic (exact) mass is 371 g/mol. The average molecular weight is 371 g/mol. The summed E-state index contributed by atoms with van der Waals surface area (Å²) in [5.74, 6) is 3.85. The van der Waals surface area contributed by atoms with E-state index in [4.69, 9.17) is 14.0 Å². The molecule has 2 aliphatic rings. The van der Waals surface area contributed by atoms with Gasteiger partial charge in [-0.1, -0.05) is 5.16 Å². The standard InChI is InChI=1S/C20H25N3O4/c1-25-16-6-8-17(9-7-16)26-13-19(24)23-10-2-3-14(12-23)11-18-21-20(22-27-18)15-4-5-15/h6-9,14-15H,2-5,10-13H2,1H3. The molecule has 1 aliphatic heterocycles.